The summed E-state index contributed by atoms with van der Waals surface area (Å²) < 4.78 is 54.3. The molecule has 2 aromatic carbocycles. The molecule has 3 heterocycles. The number of H-pyrrole nitrogens is 1. The van der Waals surface area contributed by atoms with E-state index in [9.17, 15) is 18.0 Å². The van der Waals surface area contributed by atoms with E-state index in [1.165, 1.54) is 36.8 Å². The van der Waals surface area contributed by atoms with Gasteiger partial charge in [0, 0.05) is 28.9 Å². The molecule has 11 heteroatoms. The van der Waals surface area contributed by atoms with Crippen molar-refractivity contribution in [3.63, 3.8) is 0 Å². The van der Waals surface area contributed by atoms with Crippen molar-refractivity contribution < 1.29 is 22.4 Å². The quantitative estimate of drug-likeness (QED) is 0.255. The van der Waals surface area contributed by atoms with Crippen LogP contribution in [0.25, 0.3) is 22.3 Å². The second-order valence-electron chi connectivity index (χ2n) is 7.69. The zero-order valence-corrected chi connectivity index (χ0v) is 18.3. The van der Waals surface area contributed by atoms with Gasteiger partial charge in [-0.2, -0.15) is 13.2 Å². The average Bonchev–Trinajstić information content (AvgIpc) is 3.36. The van der Waals surface area contributed by atoms with Crippen LogP contribution >= 0.6 is 0 Å². The van der Waals surface area contributed by atoms with Crippen LogP contribution in [-0.2, 0) is 6.18 Å². The Hall–Kier alpha value is -4.80. The summed E-state index contributed by atoms with van der Waals surface area (Å²) >= 11 is 0. The van der Waals surface area contributed by atoms with Crippen LogP contribution in [0, 0.1) is 5.82 Å². The molecule has 0 fully saturated rings. The van der Waals surface area contributed by atoms with Crippen LogP contribution in [0.5, 0.6) is 0 Å². The lowest BCUT2D eigenvalue weighted by molar-refractivity contribution is -0.137. The lowest BCUT2D eigenvalue weighted by Gasteiger charge is -2.14. The van der Waals surface area contributed by atoms with E-state index < -0.39 is 23.5 Å². The highest BCUT2D eigenvalue weighted by Gasteiger charge is 2.31. The molecule has 3 N–H and O–H groups in total. The number of halogens is 4. The van der Waals surface area contributed by atoms with Crippen molar-refractivity contribution in [2.45, 2.75) is 6.18 Å². The Morgan fingerprint density at radius 1 is 0.917 bits per heavy atom. The van der Waals surface area contributed by atoms with Crippen LogP contribution in [0.2, 0.25) is 0 Å². The Morgan fingerprint density at radius 3 is 2.56 bits per heavy atom. The smallest absolute Gasteiger partial charge is 0.346 e. The van der Waals surface area contributed by atoms with Gasteiger partial charge in [-0.3, -0.25) is 4.79 Å². The van der Waals surface area contributed by atoms with E-state index in [-0.39, 0.29) is 16.9 Å². The van der Waals surface area contributed by atoms with Gasteiger partial charge in [-0.25, -0.2) is 19.3 Å². The van der Waals surface area contributed by atoms with Gasteiger partial charge in [0.25, 0.3) is 5.91 Å². The summed E-state index contributed by atoms with van der Waals surface area (Å²) in [6.07, 6.45) is 0.0396. The molecule has 36 heavy (non-hydrogen) atoms. The van der Waals surface area contributed by atoms with Gasteiger partial charge in [-0.15, -0.1) is 0 Å². The number of carbonyl (C=O) groups excluding carboxylic acids is 1. The van der Waals surface area contributed by atoms with E-state index in [2.05, 4.69) is 30.6 Å². The van der Waals surface area contributed by atoms with Gasteiger partial charge < -0.3 is 15.6 Å². The molecule has 0 bridgehead atoms. The first kappa shape index (κ1) is 23.0. The zero-order chi connectivity index (χ0) is 25.3. The molecule has 0 saturated heterocycles. The number of hydrogen-bond acceptors (Lipinski definition) is 5. The number of benzene rings is 2. The molecule has 0 radical (unpaired) electrons. The van der Waals surface area contributed by atoms with Gasteiger partial charge in [0.15, 0.2) is 5.82 Å². The minimum Gasteiger partial charge on any atom is -0.346 e. The Balaban J connectivity index is 1.44. The highest BCUT2D eigenvalue weighted by molar-refractivity contribution is 6.04. The third-order valence-corrected chi connectivity index (χ3v) is 5.37. The van der Waals surface area contributed by atoms with E-state index >= 15 is 4.39 Å². The average molecular weight is 492 g/mol. The molecular formula is C25H16F4N6O. The van der Waals surface area contributed by atoms with Crippen LogP contribution in [-0.4, -0.2) is 25.8 Å². The molecule has 0 aliphatic carbocycles. The highest BCUT2D eigenvalue weighted by Crippen LogP contribution is 2.33. The van der Waals surface area contributed by atoms with Crippen LogP contribution in [0.3, 0.4) is 0 Å². The summed E-state index contributed by atoms with van der Waals surface area (Å²) in [5.41, 5.74) is 0.337. The number of hydrogen-bond donors (Lipinski definition) is 3. The van der Waals surface area contributed by atoms with Gasteiger partial charge in [0.1, 0.15) is 17.8 Å². The standard InChI is InChI=1S/C25H16F4N6O/c26-20-18(7-2-8-19(20)35-24(36)14-4-1-5-15(12-14)25(27,28)29)34-23-16(6-3-10-30-23)21-17-9-11-31-22(17)33-13-32-21/h1-13H,(H,30,34)(H,35,36)(H,31,32,33). The SMILES string of the molecule is O=C(Nc1cccc(Nc2ncccc2-c2ncnc3[nH]ccc23)c1F)c1cccc(C(F)(F)F)c1. The maximum Gasteiger partial charge on any atom is 0.416 e. The van der Waals surface area contributed by atoms with Gasteiger partial charge >= 0.3 is 6.18 Å². The first-order chi connectivity index (χ1) is 17.3. The van der Waals surface area contributed by atoms with Gasteiger partial charge in [-0.1, -0.05) is 12.1 Å². The number of rotatable bonds is 5. The van der Waals surface area contributed by atoms with Crippen molar-refractivity contribution in [2.75, 3.05) is 10.6 Å². The molecule has 0 aliphatic heterocycles. The number of anilines is 3. The molecule has 7 nitrogen and oxygen atoms in total. The molecule has 5 aromatic rings. The maximum absolute atomic E-state index is 15.3. The van der Waals surface area contributed by atoms with Crippen LogP contribution in [0.15, 0.2) is 79.4 Å². The van der Waals surface area contributed by atoms with Crippen LogP contribution in [0.1, 0.15) is 15.9 Å². The number of amides is 1. The number of aromatic amines is 1. The fraction of sp³-hybridized carbons (Fsp3) is 0.0400. The predicted molar refractivity (Wildman–Crippen MR) is 126 cm³/mol. The minimum absolute atomic E-state index is 0.00355. The Morgan fingerprint density at radius 2 is 1.72 bits per heavy atom. The van der Waals surface area contributed by atoms with Crippen LogP contribution < -0.4 is 10.6 Å². The van der Waals surface area contributed by atoms with E-state index in [1.54, 1.807) is 18.3 Å². The third kappa shape index (κ3) is 4.45. The summed E-state index contributed by atoms with van der Waals surface area (Å²) in [4.78, 5) is 28.4. The monoisotopic (exact) mass is 492 g/mol. The lowest BCUT2D eigenvalue weighted by Crippen LogP contribution is -2.15. The Bertz CT molecular complexity index is 1580. The second-order valence-corrected chi connectivity index (χ2v) is 7.69. The normalized spacial score (nSPS) is 11.4. The molecular weight excluding hydrogens is 476 g/mol. The van der Waals surface area contributed by atoms with Crippen LogP contribution in [0.4, 0.5) is 34.8 Å². The van der Waals surface area contributed by atoms with Crippen molar-refractivity contribution in [3.05, 3.63) is 96.3 Å². The topological polar surface area (TPSA) is 95.6 Å². The number of carbonyl (C=O) groups is 1. The molecule has 5 rings (SSSR count). The number of aromatic nitrogens is 4. The first-order valence-electron chi connectivity index (χ1n) is 10.6. The second kappa shape index (κ2) is 9.10. The van der Waals surface area contributed by atoms with Crippen molar-refractivity contribution >= 4 is 34.1 Å². The molecule has 0 saturated carbocycles. The number of nitrogens with zero attached hydrogens (tertiary/aromatic N) is 3. The fourth-order valence-corrected chi connectivity index (χ4v) is 3.67. The maximum atomic E-state index is 15.3. The molecule has 0 spiro atoms. The van der Waals surface area contributed by atoms with Gasteiger partial charge in [0.2, 0.25) is 0 Å². The van der Waals surface area contributed by atoms with Crippen molar-refractivity contribution in [2.24, 2.45) is 0 Å². The van der Waals surface area contributed by atoms with Crippen molar-refractivity contribution in [1.82, 2.24) is 19.9 Å². The first-order valence-corrected chi connectivity index (χ1v) is 10.6. The number of pyridine rings is 1. The van der Waals surface area contributed by atoms with E-state index in [1.807, 2.05) is 6.07 Å². The molecule has 0 atom stereocenters. The number of alkyl halides is 3. The summed E-state index contributed by atoms with van der Waals surface area (Å²) in [7, 11) is 0. The zero-order valence-electron chi connectivity index (χ0n) is 18.3. The third-order valence-electron chi connectivity index (χ3n) is 5.37. The summed E-state index contributed by atoms with van der Waals surface area (Å²) in [5.74, 6) is -1.39. The summed E-state index contributed by atoms with van der Waals surface area (Å²) in [6, 6.07) is 13.4. The summed E-state index contributed by atoms with van der Waals surface area (Å²) in [6.45, 7) is 0. The summed E-state index contributed by atoms with van der Waals surface area (Å²) in [5, 5.41) is 6.00. The van der Waals surface area contributed by atoms with Gasteiger partial charge in [-0.05, 0) is 48.5 Å². The van der Waals surface area contributed by atoms with Crippen molar-refractivity contribution in [3.8, 4) is 11.3 Å². The van der Waals surface area contributed by atoms with E-state index in [0.717, 1.165) is 17.5 Å². The van der Waals surface area contributed by atoms with E-state index in [0.29, 0.717) is 28.8 Å². The number of nitrogens with one attached hydrogen (secondary N) is 3. The Labute approximate surface area is 201 Å². The molecule has 0 aliphatic rings. The molecule has 1 amide bonds. The highest BCUT2D eigenvalue weighted by atomic mass is 19.4. The molecule has 0 unspecified atom stereocenters. The molecule has 180 valence electrons. The Kier molecular flexibility index (Phi) is 5.80. The molecule has 3 aromatic heterocycles. The largest absolute Gasteiger partial charge is 0.416 e. The number of fused-ring (bicyclic) bond motifs is 1. The predicted octanol–water partition coefficient (Wildman–Crippen LogP) is 6.17. The lowest BCUT2D eigenvalue weighted by atomic mass is 10.1. The van der Waals surface area contributed by atoms with Gasteiger partial charge in [0.05, 0.1) is 22.6 Å². The fourth-order valence-electron chi connectivity index (χ4n) is 3.67. The van der Waals surface area contributed by atoms with Crippen molar-refractivity contribution in [1.29, 1.82) is 0 Å². The minimum atomic E-state index is -4.61. The van der Waals surface area contributed by atoms with E-state index in [4.69, 9.17) is 0 Å².